The molecular weight excluding hydrogens is 234 g/mol. The third-order valence-corrected chi connectivity index (χ3v) is 3.15. The number of aromatic nitrogens is 1. The van der Waals surface area contributed by atoms with E-state index in [-0.39, 0.29) is 0 Å². The number of pyridine rings is 1. The van der Waals surface area contributed by atoms with E-state index in [1.165, 1.54) is 0 Å². The average Bonchev–Trinajstić information content (AvgIpc) is 2.42. The molecule has 0 spiro atoms. The molecule has 3 nitrogen and oxygen atoms in total. The SMILES string of the molecule is Cc1cc(N)ccc1Nc1cccc2cccnc12. The number of fused-ring (bicyclic) bond motifs is 1. The lowest BCUT2D eigenvalue weighted by molar-refractivity contribution is 1.39. The Kier molecular flexibility index (Phi) is 2.80. The minimum atomic E-state index is 0.777. The highest BCUT2D eigenvalue weighted by molar-refractivity contribution is 5.92. The first-order chi connectivity index (χ1) is 9.24. The van der Waals surface area contributed by atoms with Crippen LogP contribution in [0.2, 0.25) is 0 Å². The Bertz CT molecular complexity index is 730. The lowest BCUT2D eigenvalue weighted by atomic mass is 10.1. The van der Waals surface area contributed by atoms with Gasteiger partial charge in [-0.25, -0.2) is 0 Å². The van der Waals surface area contributed by atoms with Crippen LogP contribution in [0.4, 0.5) is 17.1 Å². The molecule has 2 aromatic carbocycles. The Hall–Kier alpha value is -2.55. The molecule has 3 N–H and O–H groups in total. The minimum Gasteiger partial charge on any atom is -0.399 e. The molecule has 0 saturated heterocycles. The van der Waals surface area contributed by atoms with Gasteiger partial charge in [-0.15, -0.1) is 0 Å². The molecule has 1 aromatic heterocycles. The molecule has 0 atom stereocenters. The predicted molar refractivity (Wildman–Crippen MR) is 80.6 cm³/mol. The number of nitrogens with one attached hydrogen (secondary N) is 1. The zero-order valence-electron chi connectivity index (χ0n) is 10.7. The highest BCUT2D eigenvalue weighted by Crippen LogP contribution is 2.27. The Labute approximate surface area is 112 Å². The molecule has 0 aliphatic heterocycles. The van der Waals surface area contributed by atoms with Crippen LogP contribution in [0.15, 0.2) is 54.7 Å². The van der Waals surface area contributed by atoms with Gasteiger partial charge in [-0.3, -0.25) is 4.98 Å². The van der Waals surface area contributed by atoms with Gasteiger partial charge in [-0.2, -0.15) is 0 Å². The van der Waals surface area contributed by atoms with Crippen molar-refractivity contribution < 1.29 is 0 Å². The van der Waals surface area contributed by atoms with Gasteiger partial charge in [0.25, 0.3) is 0 Å². The summed E-state index contributed by atoms with van der Waals surface area (Å²) in [4.78, 5) is 4.44. The van der Waals surface area contributed by atoms with E-state index in [4.69, 9.17) is 5.73 Å². The Morgan fingerprint density at radius 2 is 1.84 bits per heavy atom. The second-order valence-electron chi connectivity index (χ2n) is 4.58. The van der Waals surface area contributed by atoms with Gasteiger partial charge in [-0.1, -0.05) is 18.2 Å². The summed E-state index contributed by atoms with van der Waals surface area (Å²) >= 11 is 0. The molecule has 94 valence electrons. The molecule has 1 heterocycles. The van der Waals surface area contributed by atoms with Crippen molar-refractivity contribution >= 4 is 28.0 Å². The van der Waals surface area contributed by atoms with Crippen molar-refractivity contribution in [1.82, 2.24) is 4.98 Å². The molecule has 0 aliphatic rings. The van der Waals surface area contributed by atoms with Crippen molar-refractivity contribution in [2.24, 2.45) is 0 Å². The molecule has 0 bridgehead atoms. The number of hydrogen-bond acceptors (Lipinski definition) is 3. The predicted octanol–water partition coefficient (Wildman–Crippen LogP) is 3.87. The van der Waals surface area contributed by atoms with Crippen LogP contribution in [0, 0.1) is 6.92 Å². The molecule has 3 rings (SSSR count). The zero-order valence-corrected chi connectivity index (χ0v) is 10.7. The van der Waals surface area contributed by atoms with E-state index in [1.807, 2.05) is 49.5 Å². The van der Waals surface area contributed by atoms with Gasteiger partial charge in [0.15, 0.2) is 0 Å². The maximum Gasteiger partial charge on any atom is 0.0936 e. The molecule has 3 heteroatoms. The van der Waals surface area contributed by atoms with Crippen molar-refractivity contribution in [3.8, 4) is 0 Å². The van der Waals surface area contributed by atoms with Gasteiger partial charge in [0.2, 0.25) is 0 Å². The van der Waals surface area contributed by atoms with E-state index in [9.17, 15) is 0 Å². The van der Waals surface area contributed by atoms with E-state index in [0.29, 0.717) is 0 Å². The largest absolute Gasteiger partial charge is 0.399 e. The lowest BCUT2D eigenvalue weighted by Crippen LogP contribution is -1.96. The first-order valence-electron chi connectivity index (χ1n) is 6.21. The molecule has 19 heavy (non-hydrogen) atoms. The van der Waals surface area contributed by atoms with Crippen molar-refractivity contribution in [3.05, 3.63) is 60.3 Å². The second-order valence-corrected chi connectivity index (χ2v) is 4.58. The van der Waals surface area contributed by atoms with Crippen LogP contribution >= 0.6 is 0 Å². The van der Waals surface area contributed by atoms with E-state index < -0.39 is 0 Å². The van der Waals surface area contributed by atoms with Gasteiger partial charge >= 0.3 is 0 Å². The normalized spacial score (nSPS) is 10.6. The first kappa shape index (κ1) is 11.5. The van der Waals surface area contributed by atoms with E-state index in [1.54, 1.807) is 0 Å². The maximum absolute atomic E-state index is 5.77. The van der Waals surface area contributed by atoms with Crippen LogP contribution in [0.1, 0.15) is 5.56 Å². The van der Waals surface area contributed by atoms with Crippen molar-refractivity contribution in [1.29, 1.82) is 0 Å². The van der Waals surface area contributed by atoms with E-state index in [0.717, 1.165) is 33.5 Å². The molecule has 0 fully saturated rings. The number of rotatable bonds is 2. The van der Waals surface area contributed by atoms with E-state index in [2.05, 4.69) is 22.4 Å². The molecule has 0 radical (unpaired) electrons. The van der Waals surface area contributed by atoms with E-state index >= 15 is 0 Å². The number of anilines is 3. The van der Waals surface area contributed by atoms with Crippen LogP contribution in [0.25, 0.3) is 10.9 Å². The molecule has 0 unspecified atom stereocenters. The van der Waals surface area contributed by atoms with Gasteiger partial charge in [-0.05, 0) is 42.8 Å². The summed E-state index contributed by atoms with van der Waals surface area (Å²) in [6.45, 7) is 2.04. The van der Waals surface area contributed by atoms with Crippen molar-refractivity contribution in [2.45, 2.75) is 6.92 Å². The summed E-state index contributed by atoms with van der Waals surface area (Å²) in [5.74, 6) is 0. The summed E-state index contributed by atoms with van der Waals surface area (Å²) < 4.78 is 0. The van der Waals surface area contributed by atoms with Crippen LogP contribution in [-0.4, -0.2) is 4.98 Å². The summed E-state index contributed by atoms with van der Waals surface area (Å²) in [6.07, 6.45) is 1.81. The van der Waals surface area contributed by atoms with Gasteiger partial charge in [0, 0.05) is 23.0 Å². The van der Waals surface area contributed by atoms with Crippen LogP contribution in [0.5, 0.6) is 0 Å². The monoisotopic (exact) mass is 249 g/mol. The molecule has 3 aromatic rings. The minimum absolute atomic E-state index is 0.777. The number of hydrogen-bond donors (Lipinski definition) is 2. The number of para-hydroxylation sites is 1. The highest BCUT2D eigenvalue weighted by atomic mass is 14.9. The molecule has 0 aliphatic carbocycles. The van der Waals surface area contributed by atoms with Crippen LogP contribution in [-0.2, 0) is 0 Å². The fourth-order valence-corrected chi connectivity index (χ4v) is 2.18. The highest BCUT2D eigenvalue weighted by Gasteiger charge is 2.04. The summed E-state index contributed by atoms with van der Waals surface area (Å²) in [6, 6.07) is 16.0. The van der Waals surface area contributed by atoms with Gasteiger partial charge < -0.3 is 11.1 Å². The number of nitrogens with zero attached hydrogens (tertiary/aromatic N) is 1. The number of benzene rings is 2. The molecule has 0 amide bonds. The van der Waals surface area contributed by atoms with Crippen molar-refractivity contribution in [2.75, 3.05) is 11.1 Å². The van der Waals surface area contributed by atoms with Gasteiger partial charge in [0.05, 0.1) is 11.2 Å². The Morgan fingerprint density at radius 1 is 1.00 bits per heavy atom. The molecular formula is C16H15N3. The zero-order chi connectivity index (χ0) is 13.2. The summed E-state index contributed by atoms with van der Waals surface area (Å²) in [5, 5.41) is 4.55. The van der Waals surface area contributed by atoms with Crippen molar-refractivity contribution in [3.63, 3.8) is 0 Å². The number of aryl methyl sites for hydroxylation is 1. The average molecular weight is 249 g/mol. The fourth-order valence-electron chi connectivity index (χ4n) is 2.18. The van der Waals surface area contributed by atoms with Crippen LogP contribution in [0.3, 0.4) is 0 Å². The summed E-state index contributed by atoms with van der Waals surface area (Å²) in [5.41, 5.74) is 10.7. The quantitative estimate of drug-likeness (QED) is 0.678. The number of nitrogen functional groups attached to an aromatic ring is 1. The Morgan fingerprint density at radius 3 is 2.68 bits per heavy atom. The Balaban J connectivity index is 2.06. The maximum atomic E-state index is 5.77. The summed E-state index contributed by atoms with van der Waals surface area (Å²) in [7, 11) is 0. The lowest BCUT2D eigenvalue weighted by Gasteiger charge is -2.11. The smallest absolute Gasteiger partial charge is 0.0936 e. The van der Waals surface area contributed by atoms with Gasteiger partial charge in [0.1, 0.15) is 0 Å². The third kappa shape index (κ3) is 2.22. The third-order valence-electron chi connectivity index (χ3n) is 3.15. The standard InChI is InChI=1S/C16H15N3/c1-11-10-13(17)7-8-14(11)19-15-6-2-4-12-5-3-9-18-16(12)15/h2-10,19H,17H2,1H3. The topological polar surface area (TPSA) is 50.9 Å². The fraction of sp³-hybridized carbons (Fsp3) is 0.0625. The molecule has 0 saturated carbocycles. The van der Waals surface area contributed by atoms with Crippen LogP contribution < -0.4 is 11.1 Å². The number of nitrogens with two attached hydrogens (primary N) is 1. The first-order valence-corrected chi connectivity index (χ1v) is 6.21. The second kappa shape index (κ2) is 4.61.